The zero-order valence-corrected chi connectivity index (χ0v) is 16.6. The lowest BCUT2D eigenvalue weighted by Crippen LogP contribution is -2.23. The maximum atomic E-state index is 13.8. The number of nitrogens with zero attached hydrogens (tertiary/aromatic N) is 3. The second kappa shape index (κ2) is 7.14. The Kier molecular flexibility index (Phi) is 4.46. The largest absolute Gasteiger partial charge is 0.369 e. The highest BCUT2D eigenvalue weighted by molar-refractivity contribution is 5.82. The standard InChI is InChI=1S/C24H25FN4/c1-15(29-23-5-3-2-4-22(23)28-24(29)26)16-6-8-17(9-7-16)19-12-13-27-21-11-10-18(25)14-20(19)21/h2-5,10-17H,6-9H2,1H3,(H2,26,28)/t15-,16?,17?/m1/s1. The fourth-order valence-electron chi connectivity index (χ4n) is 5.11. The third kappa shape index (κ3) is 3.15. The van der Waals surface area contributed by atoms with Crippen molar-refractivity contribution in [2.24, 2.45) is 5.92 Å². The molecule has 1 saturated carbocycles. The van der Waals surface area contributed by atoms with Gasteiger partial charge in [0.05, 0.1) is 16.6 Å². The number of anilines is 1. The zero-order chi connectivity index (χ0) is 20.0. The molecular formula is C24H25FN4. The molecule has 5 heteroatoms. The minimum Gasteiger partial charge on any atom is -0.369 e. The van der Waals surface area contributed by atoms with Gasteiger partial charge in [0.2, 0.25) is 5.95 Å². The molecule has 4 nitrogen and oxygen atoms in total. The van der Waals surface area contributed by atoms with E-state index >= 15 is 0 Å². The highest BCUT2D eigenvalue weighted by Crippen LogP contribution is 2.43. The molecule has 0 spiro atoms. The SMILES string of the molecule is C[C@H](C1CCC(c2ccnc3ccc(F)cc23)CC1)n1c(N)nc2ccccc21. The van der Waals surface area contributed by atoms with Crippen LogP contribution in [0.25, 0.3) is 21.9 Å². The molecule has 1 aliphatic carbocycles. The Morgan fingerprint density at radius 1 is 1.03 bits per heavy atom. The van der Waals surface area contributed by atoms with Crippen LogP contribution in [0.2, 0.25) is 0 Å². The number of fused-ring (bicyclic) bond motifs is 2. The lowest BCUT2D eigenvalue weighted by molar-refractivity contribution is 0.251. The van der Waals surface area contributed by atoms with Crippen molar-refractivity contribution in [3.63, 3.8) is 0 Å². The van der Waals surface area contributed by atoms with Crippen LogP contribution in [0.15, 0.2) is 54.7 Å². The van der Waals surface area contributed by atoms with Crippen molar-refractivity contribution in [3.8, 4) is 0 Å². The molecule has 2 heterocycles. The molecule has 1 aliphatic rings. The summed E-state index contributed by atoms with van der Waals surface area (Å²) < 4.78 is 16.0. The van der Waals surface area contributed by atoms with Crippen molar-refractivity contribution in [2.75, 3.05) is 5.73 Å². The third-order valence-electron chi connectivity index (χ3n) is 6.66. The molecular weight excluding hydrogens is 363 g/mol. The average molecular weight is 388 g/mol. The Labute approximate surface area is 169 Å². The number of aromatic nitrogens is 3. The second-order valence-electron chi connectivity index (χ2n) is 8.24. The molecule has 0 amide bonds. The van der Waals surface area contributed by atoms with Gasteiger partial charge in [0.1, 0.15) is 5.82 Å². The van der Waals surface area contributed by atoms with Crippen LogP contribution in [0.1, 0.15) is 50.1 Å². The van der Waals surface area contributed by atoms with E-state index in [1.165, 1.54) is 11.6 Å². The zero-order valence-electron chi connectivity index (χ0n) is 16.6. The first kappa shape index (κ1) is 18.1. The van der Waals surface area contributed by atoms with E-state index in [0.717, 1.165) is 47.6 Å². The van der Waals surface area contributed by atoms with Gasteiger partial charge < -0.3 is 10.3 Å². The summed E-state index contributed by atoms with van der Waals surface area (Å²) in [5.74, 6) is 1.39. The van der Waals surface area contributed by atoms with Crippen LogP contribution in [0.5, 0.6) is 0 Å². The summed E-state index contributed by atoms with van der Waals surface area (Å²) in [6.45, 7) is 2.26. The van der Waals surface area contributed by atoms with E-state index in [1.54, 1.807) is 12.1 Å². The van der Waals surface area contributed by atoms with Crippen molar-refractivity contribution in [3.05, 3.63) is 66.1 Å². The maximum Gasteiger partial charge on any atom is 0.201 e. The van der Waals surface area contributed by atoms with Gasteiger partial charge in [-0.1, -0.05) is 12.1 Å². The number of halogens is 1. The Morgan fingerprint density at radius 3 is 2.66 bits per heavy atom. The van der Waals surface area contributed by atoms with Gasteiger partial charge in [-0.3, -0.25) is 4.98 Å². The van der Waals surface area contributed by atoms with E-state index in [0.29, 0.717) is 23.8 Å². The van der Waals surface area contributed by atoms with Gasteiger partial charge in [-0.25, -0.2) is 9.37 Å². The molecule has 2 N–H and O–H groups in total. The number of pyridine rings is 1. The number of nitrogen functional groups attached to an aromatic ring is 1. The highest BCUT2D eigenvalue weighted by Gasteiger charge is 2.29. The molecule has 0 bridgehead atoms. The molecule has 1 fully saturated rings. The predicted octanol–water partition coefficient (Wildman–Crippen LogP) is 5.84. The minimum atomic E-state index is -0.198. The first-order chi connectivity index (χ1) is 14.1. The molecule has 0 aliphatic heterocycles. The monoisotopic (exact) mass is 388 g/mol. The highest BCUT2D eigenvalue weighted by atomic mass is 19.1. The number of rotatable bonds is 3. The fraction of sp³-hybridized carbons (Fsp3) is 0.333. The van der Waals surface area contributed by atoms with Crippen LogP contribution in [-0.4, -0.2) is 14.5 Å². The second-order valence-corrected chi connectivity index (χ2v) is 8.24. The molecule has 148 valence electrons. The normalized spacial score (nSPS) is 20.9. The Morgan fingerprint density at radius 2 is 1.83 bits per heavy atom. The van der Waals surface area contributed by atoms with Crippen LogP contribution in [0, 0.1) is 11.7 Å². The number of hydrogen-bond acceptors (Lipinski definition) is 3. The van der Waals surface area contributed by atoms with Gasteiger partial charge in [0.15, 0.2) is 0 Å². The Hall–Kier alpha value is -2.95. The average Bonchev–Trinajstić information content (AvgIpc) is 3.08. The van der Waals surface area contributed by atoms with Crippen molar-refractivity contribution in [1.29, 1.82) is 0 Å². The maximum absolute atomic E-state index is 13.8. The smallest absolute Gasteiger partial charge is 0.201 e. The van der Waals surface area contributed by atoms with E-state index in [-0.39, 0.29) is 5.82 Å². The van der Waals surface area contributed by atoms with E-state index in [4.69, 9.17) is 5.73 Å². The van der Waals surface area contributed by atoms with Crippen molar-refractivity contribution < 1.29 is 4.39 Å². The topological polar surface area (TPSA) is 56.7 Å². The summed E-state index contributed by atoms with van der Waals surface area (Å²) >= 11 is 0. The van der Waals surface area contributed by atoms with Gasteiger partial charge >= 0.3 is 0 Å². The van der Waals surface area contributed by atoms with E-state index in [9.17, 15) is 4.39 Å². The molecule has 5 rings (SSSR count). The fourth-order valence-corrected chi connectivity index (χ4v) is 5.11. The molecule has 0 radical (unpaired) electrons. The van der Waals surface area contributed by atoms with Crippen LogP contribution in [0.3, 0.4) is 0 Å². The molecule has 0 saturated heterocycles. The number of para-hydroxylation sites is 2. The van der Waals surface area contributed by atoms with Crippen LogP contribution >= 0.6 is 0 Å². The first-order valence-electron chi connectivity index (χ1n) is 10.4. The summed E-state index contributed by atoms with van der Waals surface area (Å²) in [4.78, 5) is 8.93. The lowest BCUT2D eigenvalue weighted by atomic mass is 9.75. The van der Waals surface area contributed by atoms with E-state index in [2.05, 4.69) is 33.6 Å². The Balaban J connectivity index is 1.38. The lowest BCUT2D eigenvalue weighted by Gasteiger charge is -2.34. The minimum absolute atomic E-state index is 0.198. The predicted molar refractivity (Wildman–Crippen MR) is 115 cm³/mol. The third-order valence-corrected chi connectivity index (χ3v) is 6.66. The van der Waals surface area contributed by atoms with Crippen molar-refractivity contribution in [1.82, 2.24) is 14.5 Å². The van der Waals surface area contributed by atoms with Gasteiger partial charge in [-0.2, -0.15) is 0 Å². The van der Waals surface area contributed by atoms with E-state index in [1.807, 2.05) is 24.4 Å². The number of hydrogen-bond donors (Lipinski definition) is 1. The molecule has 2 aromatic carbocycles. The Bertz CT molecular complexity index is 1170. The first-order valence-corrected chi connectivity index (χ1v) is 10.4. The van der Waals surface area contributed by atoms with Gasteiger partial charge in [0.25, 0.3) is 0 Å². The van der Waals surface area contributed by atoms with Crippen LogP contribution in [-0.2, 0) is 0 Å². The molecule has 2 aromatic heterocycles. The molecule has 1 atom stereocenters. The van der Waals surface area contributed by atoms with E-state index < -0.39 is 0 Å². The number of nitrogens with two attached hydrogens (primary N) is 1. The molecule has 29 heavy (non-hydrogen) atoms. The summed E-state index contributed by atoms with van der Waals surface area (Å²) in [5.41, 5.74) is 10.4. The summed E-state index contributed by atoms with van der Waals surface area (Å²) in [6, 6.07) is 15.4. The van der Waals surface area contributed by atoms with Gasteiger partial charge in [-0.15, -0.1) is 0 Å². The van der Waals surface area contributed by atoms with Crippen LogP contribution < -0.4 is 5.73 Å². The van der Waals surface area contributed by atoms with Gasteiger partial charge in [-0.05, 0) is 86.4 Å². The summed E-state index contributed by atoms with van der Waals surface area (Å²) in [5, 5.41) is 0.953. The molecule has 4 aromatic rings. The number of imidazole rings is 1. The van der Waals surface area contributed by atoms with Crippen LogP contribution in [0.4, 0.5) is 10.3 Å². The number of benzene rings is 2. The quantitative estimate of drug-likeness (QED) is 0.480. The van der Waals surface area contributed by atoms with Crippen molar-refractivity contribution in [2.45, 2.75) is 44.6 Å². The summed E-state index contributed by atoms with van der Waals surface area (Å²) in [6.07, 6.45) is 6.28. The van der Waals surface area contributed by atoms with Gasteiger partial charge in [0, 0.05) is 17.6 Å². The van der Waals surface area contributed by atoms with Crippen molar-refractivity contribution >= 4 is 27.9 Å². The summed E-state index contributed by atoms with van der Waals surface area (Å²) in [7, 11) is 0. The molecule has 0 unspecified atom stereocenters.